The van der Waals surface area contributed by atoms with E-state index in [4.69, 9.17) is 9.57 Å². The first kappa shape index (κ1) is 20.8. The summed E-state index contributed by atoms with van der Waals surface area (Å²) in [6, 6.07) is 9.90. The number of thiazole rings is 1. The number of piperidine rings is 1. The number of alkyl halides is 1. The summed E-state index contributed by atoms with van der Waals surface area (Å²) < 4.78 is 21.0. The molecular formula is C22H26FN3O3S. The number of hydrogen-bond acceptors (Lipinski definition) is 6. The molecule has 0 saturated carbocycles. The Labute approximate surface area is 179 Å². The minimum atomic E-state index is -1.54. The molecule has 1 aromatic heterocycles. The summed E-state index contributed by atoms with van der Waals surface area (Å²) in [7, 11) is 0. The van der Waals surface area contributed by atoms with Gasteiger partial charge in [0, 0.05) is 37.7 Å². The van der Waals surface area contributed by atoms with Gasteiger partial charge in [0.2, 0.25) is 0 Å². The van der Waals surface area contributed by atoms with Crippen LogP contribution in [0.15, 0.2) is 40.9 Å². The third kappa shape index (κ3) is 4.48. The van der Waals surface area contributed by atoms with Crippen molar-refractivity contribution in [1.29, 1.82) is 0 Å². The first-order valence-corrected chi connectivity index (χ1v) is 11.0. The Bertz CT molecular complexity index is 931. The van der Waals surface area contributed by atoms with Gasteiger partial charge in [-0.1, -0.05) is 35.5 Å². The van der Waals surface area contributed by atoms with Gasteiger partial charge in [-0.15, -0.1) is 11.3 Å². The smallest absolute Gasteiger partial charge is 0.410 e. The molecule has 1 amide bonds. The Morgan fingerprint density at radius 1 is 1.27 bits per heavy atom. The van der Waals surface area contributed by atoms with Gasteiger partial charge in [-0.3, -0.25) is 0 Å². The van der Waals surface area contributed by atoms with Crippen LogP contribution < -0.4 is 0 Å². The second-order valence-corrected chi connectivity index (χ2v) is 9.58. The molecule has 0 aliphatic carbocycles. The molecule has 1 saturated heterocycles. The first-order valence-electron chi connectivity index (χ1n) is 10.1. The number of carbonyl (C=O) groups excluding carboxylic acids is 1. The van der Waals surface area contributed by atoms with Crippen LogP contribution in [0.5, 0.6) is 0 Å². The largest absolute Gasteiger partial charge is 0.444 e. The van der Waals surface area contributed by atoms with Gasteiger partial charge in [-0.25, -0.2) is 14.2 Å². The molecule has 160 valence electrons. The first-order chi connectivity index (χ1) is 14.2. The van der Waals surface area contributed by atoms with E-state index in [2.05, 4.69) is 10.1 Å². The lowest BCUT2D eigenvalue weighted by atomic mass is 9.94. The van der Waals surface area contributed by atoms with Crippen LogP contribution in [0.1, 0.15) is 62.4 Å². The lowest BCUT2D eigenvalue weighted by Gasteiger charge is -2.36. The van der Waals surface area contributed by atoms with Crippen LogP contribution >= 0.6 is 11.3 Å². The number of benzene rings is 1. The van der Waals surface area contributed by atoms with E-state index in [0.717, 1.165) is 11.3 Å². The summed E-state index contributed by atoms with van der Waals surface area (Å²) in [6.07, 6.45) is 0.485. The SMILES string of the molecule is CC(C)(C)OC(=O)N1CCC(F)(c2nc(C3=NOC(c4ccccc4)C3)cs2)CC1. The molecule has 4 rings (SSSR count). The fourth-order valence-electron chi connectivity index (χ4n) is 3.57. The van der Waals surface area contributed by atoms with E-state index in [1.165, 1.54) is 11.3 Å². The third-order valence-corrected chi connectivity index (χ3v) is 6.25. The summed E-state index contributed by atoms with van der Waals surface area (Å²) in [4.78, 5) is 23.9. The van der Waals surface area contributed by atoms with E-state index in [-0.39, 0.29) is 18.9 Å². The molecule has 0 spiro atoms. The van der Waals surface area contributed by atoms with Crippen LogP contribution in [0.4, 0.5) is 9.18 Å². The van der Waals surface area contributed by atoms with E-state index in [1.807, 2.05) is 56.5 Å². The number of amides is 1. The van der Waals surface area contributed by atoms with E-state index >= 15 is 4.39 Å². The quantitative estimate of drug-likeness (QED) is 0.670. The maximum absolute atomic E-state index is 15.6. The van der Waals surface area contributed by atoms with Gasteiger partial charge in [0.05, 0.1) is 5.69 Å². The van der Waals surface area contributed by atoms with E-state index in [9.17, 15) is 4.79 Å². The van der Waals surface area contributed by atoms with Crippen molar-refractivity contribution < 1.29 is 18.8 Å². The normalized spacial score (nSPS) is 21.1. The molecule has 1 unspecified atom stereocenters. The van der Waals surface area contributed by atoms with Crippen molar-refractivity contribution in [3.05, 3.63) is 52.0 Å². The van der Waals surface area contributed by atoms with E-state index < -0.39 is 17.4 Å². The molecule has 6 nitrogen and oxygen atoms in total. The molecule has 0 radical (unpaired) electrons. The van der Waals surface area contributed by atoms with Crippen LogP contribution in [-0.4, -0.2) is 40.4 Å². The summed E-state index contributed by atoms with van der Waals surface area (Å²) >= 11 is 1.30. The zero-order valence-corrected chi connectivity index (χ0v) is 18.2. The predicted molar refractivity (Wildman–Crippen MR) is 113 cm³/mol. The number of likely N-dealkylation sites (tertiary alicyclic amines) is 1. The maximum Gasteiger partial charge on any atom is 0.410 e. The minimum absolute atomic E-state index is 0.136. The molecule has 2 aromatic rings. The van der Waals surface area contributed by atoms with Crippen LogP contribution in [0.25, 0.3) is 0 Å². The van der Waals surface area contributed by atoms with Crippen LogP contribution in [0.3, 0.4) is 0 Å². The Balaban J connectivity index is 1.38. The Hall–Kier alpha value is -2.48. The molecule has 2 aliphatic heterocycles. The van der Waals surface area contributed by atoms with Crippen LogP contribution in [0, 0.1) is 0 Å². The number of nitrogens with zero attached hydrogens (tertiary/aromatic N) is 3. The zero-order chi connectivity index (χ0) is 21.4. The molecule has 30 heavy (non-hydrogen) atoms. The van der Waals surface area contributed by atoms with Crippen molar-refractivity contribution in [1.82, 2.24) is 9.88 Å². The highest BCUT2D eigenvalue weighted by molar-refractivity contribution is 7.10. The average Bonchev–Trinajstić information content (AvgIpc) is 3.38. The molecule has 2 aliphatic rings. The average molecular weight is 432 g/mol. The van der Waals surface area contributed by atoms with E-state index in [0.29, 0.717) is 30.2 Å². The number of halogens is 1. The summed E-state index contributed by atoms with van der Waals surface area (Å²) in [5.74, 6) is 0. The predicted octanol–water partition coefficient (Wildman–Crippen LogP) is 5.20. The van der Waals surface area contributed by atoms with Crippen molar-refractivity contribution in [2.45, 2.75) is 57.4 Å². The molecule has 1 aromatic carbocycles. The highest BCUT2D eigenvalue weighted by Gasteiger charge is 2.41. The van der Waals surface area contributed by atoms with Gasteiger partial charge in [-0.05, 0) is 26.3 Å². The molecule has 1 atom stereocenters. The Kier molecular flexibility index (Phi) is 5.53. The van der Waals surface area contributed by atoms with Gasteiger partial charge in [-0.2, -0.15) is 0 Å². The molecule has 1 fully saturated rings. The standard InChI is InChI=1S/C22H26FN3O3S/c1-21(2,3)28-20(27)26-11-9-22(23,10-12-26)19-24-17(14-30-19)16-13-18(29-25-16)15-7-5-4-6-8-15/h4-8,14,18H,9-13H2,1-3H3. The Morgan fingerprint density at radius 2 is 1.97 bits per heavy atom. The van der Waals surface area contributed by atoms with Gasteiger partial charge in [0.1, 0.15) is 16.3 Å². The lowest BCUT2D eigenvalue weighted by Crippen LogP contribution is -2.45. The van der Waals surface area contributed by atoms with Crippen molar-refractivity contribution >= 4 is 23.1 Å². The second kappa shape index (κ2) is 7.98. The van der Waals surface area contributed by atoms with Gasteiger partial charge in [0.15, 0.2) is 11.8 Å². The number of ether oxygens (including phenoxy) is 1. The zero-order valence-electron chi connectivity index (χ0n) is 17.4. The van der Waals surface area contributed by atoms with E-state index in [1.54, 1.807) is 4.90 Å². The van der Waals surface area contributed by atoms with Crippen LogP contribution in [-0.2, 0) is 15.2 Å². The molecule has 0 N–H and O–H groups in total. The number of aromatic nitrogens is 1. The number of rotatable bonds is 3. The minimum Gasteiger partial charge on any atom is -0.444 e. The number of carbonyl (C=O) groups is 1. The van der Waals surface area contributed by atoms with Gasteiger partial charge < -0.3 is 14.5 Å². The fraction of sp³-hybridized carbons (Fsp3) is 0.500. The van der Waals surface area contributed by atoms with Gasteiger partial charge in [0.25, 0.3) is 0 Å². The molecule has 3 heterocycles. The highest BCUT2D eigenvalue weighted by atomic mass is 32.1. The van der Waals surface area contributed by atoms with Crippen molar-refractivity contribution in [3.8, 4) is 0 Å². The topological polar surface area (TPSA) is 64.0 Å². The number of oxime groups is 1. The third-order valence-electron chi connectivity index (χ3n) is 5.23. The summed E-state index contributed by atoms with van der Waals surface area (Å²) in [6.45, 7) is 6.08. The lowest BCUT2D eigenvalue weighted by molar-refractivity contribution is 0.00215. The number of hydrogen-bond donors (Lipinski definition) is 0. The maximum atomic E-state index is 15.6. The van der Waals surface area contributed by atoms with Crippen LogP contribution in [0.2, 0.25) is 0 Å². The monoisotopic (exact) mass is 431 g/mol. The van der Waals surface area contributed by atoms with Gasteiger partial charge >= 0.3 is 6.09 Å². The second-order valence-electron chi connectivity index (χ2n) is 8.72. The molecule has 0 bridgehead atoms. The molecular weight excluding hydrogens is 405 g/mol. The van der Waals surface area contributed by atoms with Crippen molar-refractivity contribution in [3.63, 3.8) is 0 Å². The highest BCUT2D eigenvalue weighted by Crippen LogP contribution is 2.39. The summed E-state index contributed by atoms with van der Waals surface area (Å²) in [5, 5.41) is 6.46. The fourth-order valence-corrected chi connectivity index (χ4v) is 4.55. The Morgan fingerprint density at radius 3 is 2.63 bits per heavy atom. The van der Waals surface area contributed by atoms with Crippen molar-refractivity contribution in [2.24, 2.45) is 5.16 Å². The molecule has 8 heteroatoms. The summed E-state index contributed by atoms with van der Waals surface area (Å²) in [5.41, 5.74) is 0.359. The van der Waals surface area contributed by atoms with Crippen molar-refractivity contribution in [2.75, 3.05) is 13.1 Å².